The van der Waals surface area contributed by atoms with Crippen LogP contribution in [0.25, 0.3) is 0 Å². The summed E-state index contributed by atoms with van der Waals surface area (Å²) in [5.41, 5.74) is 1.07. The van der Waals surface area contributed by atoms with Gasteiger partial charge in [-0.15, -0.1) is 0 Å². The summed E-state index contributed by atoms with van der Waals surface area (Å²) >= 11 is 3.42. The summed E-state index contributed by atoms with van der Waals surface area (Å²) in [5.74, 6) is -0.198. The third-order valence-corrected chi connectivity index (χ3v) is 3.77. The largest absolute Gasteiger partial charge is 0.354 e. The van der Waals surface area contributed by atoms with Crippen LogP contribution in [0.5, 0.6) is 0 Å². The molecule has 20 heavy (non-hydrogen) atoms. The van der Waals surface area contributed by atoms with E-state index in [9.17, 15) is 9.59 Å². The molecule has 0 saturated carbocycles. The smallest absolute Gasteiger partial charge is 0.225 e. The summed E-state index contributed by atoms with van der Waals surface area (Å²) in [4.78, 5) is 25.7. The standard InChI is InChI=1S/C15H19BrN2O2/c1-10(2)17-15(20)12-7-14(19)18(9-12)8-11-4-3-5-13(16)6-11/h3-6,10,12H,7-9H2,1-2H3,(H,17,20)/t12-/m0/s1. The minimum absolute atomic E-state index is 0.0231. The molecule has 1 aliphatic rings. The van der Waals surface area contributed by atoms with Gasteiger partial charge in [0, 0.05) is 30.0 Å². The van der Waals surface area contributed by atoms with Gasteiger partial charge in [-0.3, -0.25) is 9.59 Å². The molecule has 1 aliphatic heterocycles. The van der Waals surface area contributed by atoms with Crippen LogP contribution in [0.1, 0.15) is 25.8 Å². The van der Waals surface area contributed by atoms with Gasteiger partial charge in [-0.1, -0.05) is 28.1 Å². The molecule has 5 heteroatoms. The van der Waals surface area contributed by atoms with Crippen molar-refractivity contribution < 1.29 is 9.59 Å². The lowest BCUT2D eigenvalue weighted by Crippen LogP contribution is -2.36. The molecule has 1 N–H and O–H groups in total. The number of carbonyl (C=O) groups excluding carboxylic acids is 2. The van der Waals surface area contributed by atoms with Gasteiger partial charge in [0.2, 0.25) is 11.8 Å². The van der Waals surface area contributed by atoms with E-state index in [1.165, 1.54) is 0 Å². The van der Waals surface area contributed by atoms with Crippen molar-refractivity contribution >= 4 is 27.7 Å². The number of benzene rings is 1. The monoisotopic (exact) mass is 338 g/mol. The molecule has 1 fully saturated rings. The van der Waals surface area contributed by atoms with Crippen LogP contribution in [-0.2, 0) is 16.1 Å². The number of nitrogens with zero attached hydrogens (tertiary/aromatic N) is 1. The van der Waals surface area contributed by atoms with Gasteiger partial charge in [-0.25, -0.2) is 0 Å². The first-order chi connectivity index (χ1) is 9.45. The van der Waals surface area contributed by atoms with E-state index < -0.39 is 0 Å². The highest BCUT2D eigenvalue weighted by molar-refractivity contribution is 9.10. The molecule has 2 rings (SSSR count). The maximum atomic E-state index is 12.0. The van der Waals surface area contributed by atoms with Gasteiger partial charge in [0.15, 0.2) is 0 Å². The van der Waals surface area contributed by atoms with Gasteiger partial charge < -0.3 is 10.2 Å². The van der Waals surface area contributed by atoms with E-state index in [1.807, 2.05) is 38.1 Å². The molecule has 1 saturated heterocycles. The Morgan fingerprint density at radius 2 is 2.25 bits per heavy atom. The second kappa shape index (κ2) is 6.39. The van der Waals surface area contributed by atoms with E-state index in [1.54, 1.807) is 4.90 Å². The van der Waals surface area contributed by atoms with Crippen LogP contribution >= 0.6 is 15.9 Å². The number of rotatable bonds is 4. The highest BCUT2D eigenvalue weighted by Gasteiger charge is 2.34. The Bertz CT molecular complexity index is 516. The summed E-state index contributed by atoms with van der Waals surface area (Å²) in [7, 11) is 0. The van der Waals surface area contributed by atoms with Gasteiger partial charge in [0.1, 0.15) is 0 Å². The average molecular weight is 339 g/mol. The minimum Gasteiger partial charge on any atom is -0.354 e. The Labute approximate surface area is 127 Å². The van der Waals surface area contributed by atoms with Crippen molar-refractivity contribution in [3.8, 4) is 0 Å². The molecule has 0 aliphatic carbocycles. The maximum Gasteiger partial charge on any atom is 0.225 e. The quantitative estimate of drug-likeness (QED) is 0.915. The van der Waals surface area contributed by atoms with E-state index in [0.717, 1.165) is 10.0 Å². The fourth-order valence-electron chi connectivity index (χ4n) is 2.36. The molecular formula is C15H19BrN2O2. The Balaban J connectivity index is 1.97. The third-order valence-electron chi connectivity index (χ3n) is 3.28. The molecule has 2 amide bonds. The number of hydrogen-bond donors (Lipinski definition) is 1. The van der Waals surface area contributed by atoms with E-state index in [4.69, 9.17) is 0 Å². The van der Waals surface area contributed by atoms with Crippen molar-refractivity contribution in [2.24, 2.45) is 5.92 Å². The molecular weight excluding hydrogens is 320 g/mol. The van der Waals surface area contributed by atoms with Crippen molar-refractivity contribution in [1.29, 1.82) is 0 Å². The normalized spacial score (nSPS) is 18.7. The van der Waals surface area contributed by atoms with Crippen molar-refractivity contribution in [2.45, 2.75) is 32.9 Å². The Morgan fingerprint density at radius 3 is 2.90 bits per heavy atom. The SMILES string of the molecule is CC(C)NC(=O)[C@H]1CC(=O)N(Cc2cccc(Br)c2)C1. The number of carbonyl (C=O) groups is 2. The van der Waals surface area contributed by atoms with E-state index in [-0.39, 0.29) is 23.8 Å². The summed E-state index contributed by atoms with van der Waals surface area (Å²) in [6.45, 7) is 4.91. The molecule has 1 atom stereocenters. The first-order valence-corrected chi connectivity index (χ1v) is 7.57. The molecule has 0 aromatic heterocycles. The predicted octanol–water partition coefficient (Wildman–Crippen LogP) is 2.32. The molecule has 1 aromatic rings. The van der Waals surface area contributed by atoms with Crippen LogP contribution in [-0.4, -0.2) is 29.3 Å². The fourth-order valence-corrected chi connectivity index (χ4v) is 2.81. The van der Waals surface area contributed by atoms with E-state index in [0.29, 0.717) is 19.5 Å². The van der Waals surface area contributed by atoms with E-state index >= 15 is 0 Å². The van der Waals surface area contributed by atoms with Gasteiger partial charge in [0.05, 0.1) is 5.92 Å². The molecule has 0 radical (unpaired) electrons. The first-order valence-electron chi connectivity index (χ1n) is 6.78. The Kier molecular flexibility index (Phi) is 4.81. The van der Waals surface area contributed by atoms with Crippen LogP contribution in [0.4, 0.5) is 0 Å². The topological polar surface area (TPSA) is 49.4 Å². The lowest BCUT2D eigenvalue weighted by molar-refractivity contribution is -0.129. The molecule has 1 heterocycles. The number of nitrogens with one attached hydrogen (secondary N) is 1. The van der Waals surface area contributed by atoms with Crippen molar-refractivity contribution in [3.63, 3.8) is 0 Å². The lowest BCUT2D eigenvalue weighted by Gasteiger charge is -2.17. The van der Waals surface area contributed by atoms with Crippen LogP contribution in [0.3, 0.4) is 0 Å². The first kappa shape index (κ1) is 15.0. The number of halogens is 1. The molecule has 0 unspecified atom stereocenters. The number of amides is 2. The number of hydrogen-bond acceptors (Lipinski definition) is 2. The molecule has 108 valence electrons. The van der Waals surface area contributed by atoms with Crippen LogP contribution in [0, 0.1) is 5.92 Å². The zero-order chi connectivity index (χ0) is 14.7. The van der Waals surface area contributed by atoms with Crippen molar-refractivity contribution in [2.75, 3.05) is 6.54 Å². The molecule has 0 spiro atoms. The minimum atomic E-state index is -0.225. The Morgan fingerprint density at radius 1 is 1.50 bits per heavy atom. The second-order valence-corrected chi connectivity index (χ2v) is 6.38. The van der Waals surface area contributed by atoms with Gasteiger partial charge in [-0.05, 0) is 31.5 Å². The van der Waals surface area contributed by atoms with Crippen LogP contribution in [0.15, 0.2) is 28.7 Å². The van der Waals surface area contributed by atoms with Gasteiger partial charge in [-0.2, -0.15) is 0 Å². The highest BCUT2D eigenvalue weighted by atomic mass is 79.9. The van der Waals surface area contributed by atoms with Gasteiger partial charge >= 0.3 is 0 Å². The average Bonchev–Trinajstić information content (AvgIpc) is 2.70. The highest BCUT2D eigenvalue weighted by Crippen LogP contribution is 2.21. The lowest BCUT2D eigenvalue weighted by atomic mass is 10.1. The zero-order valence-electron chi connectivity index (χ0n) is 11.7. The summed E-state index contributed by atoms with van der Waals surface area (Å²) in [6.07, 6.45) is 0.312. The van der Waals surface area contributed by atoms with E-state index in [2.05, 4.69) is 21.2 Å². The number of likely N-dealkylation sites (tertiary alicyclic amines) is 1. The predicted molar refractivity (Wildman–Crippen MR) is 80.9 cm³/mol. The van der Waals surface area contributed by atoms with Crippen LogP contribution in [0.2, 0.25) is 0 Å². The maximum absolute atomic E-state index is 12.0. The molecule has 1 aromatic carbocycles. The third kappa shape index (κ3) is 3.82. The van der Waals surface area contributed by atoms with Crippen molar-refractivity contribution in [1.82, 2.24) is 10.2 Å². The zero-order valence-corrected chi connectivity index (χ0v) is 13.3. The van der Waals surface area contributed by atoms with Gasteiger partial charge in [0.25, 0.3) is 0 Å². The van der Waals surface area contributed by atoms with Crippen LogP contribution < -0.4 is 5.32 Å². The summed E-state index contributed by atoms with van der Waals surface area (Å²) in [5, 5.41) is 2.87. The summed E-state index contributed by atoms with van der Waals surface area (Å²) in [6, 6.07) is 7.99. The summed E-state index contributed by atoms with van der Waals surface area (Å²) < 4.78 is 0.996. The fraction of sp³-hybridized carbons (Fsp3) is 0.467. The van der Waals surface area contributed by atoms with Crippen molar-refractivity contribution in [3.05, 3.63) is 34.3 Å². The molecule has 4 nitrogen and oxygen atoms in total. The Hall–Kier alpha value is -1.36. The second-order valence-electron chi connectivity index (χ2n) is 5.47. The molecule has 0 bridgehead atoms.